The highest BCUT2D eigenvalue weighted by Crippen LogP contribution is 2.49. The minimum absolute atomic E-state index is 0.107. The summed E-state index contributed by atoms with van der Waals surface area (Å²) < 4.78 is 0.861. The molecule has 6 heteroatoms. The van der Waals surface area contributed by atoms with Crippen molar-refractivity contribution in [1.82, 2.24) is 15.5 Å². The van der Waals surface area contributed by atoms with E-state index in [1.807, 2.05) is 6.92 Å². The summed E-state index contributed by atoms with van der Waals surface area (Å²) >= 11 is 2.97. The smallest absolute Gasteiger partial charge is 0.233 e. The Morgan fingerprint density at radius 2 is 2.30 bits per heavy atom. The molecule has 110 valence electrons. The number of amides is 1. The molecule has 5 atom stereocenters. The quantitative estimate of drug-likeness (QED) is 0.850. The SMILES string of the molecule is C[C@H](Sc1nncs1)C(=O)N[C@@H](C)[C@@H]1C[C@H]2CC[C@H]1C2. The van der Waals surface area contributed by atoms with E-state index in [9.17, 15) is 4.79 Å². The lowest BCUT2D eigenvalue weighted by molar-refractivity contribution is -0.121. The van der Waals surface area contributed by atoms with Gasteiger partial charge in [-0.05, 0) is 50.9 Å². The van der Waals surface area contributed by atoms with Crippen LogP contribution in [0.25, 0.3) is 0 Å². The Labute approximate surface area is 128 Å². The van der Waals surface area contributed by atoms with Crippen LogP contribution < -0.4 is 5.32 Å². The molecule has 2 saturated carbocycles. The van der Waals surface area contributed by atoms with Gasteiger partial charge in [0.15, 0.2) is 4.34 Å². The normalized spacial score (nSPS) is 31.2. The average molecular weight is 311 g/mol. The average Bonchev–Trinajstić information content (AvgIpc) is 3.15. The van der Waals surface area contributed by atoms with E-state index in [1.54, 1.807) is 5.51 Å². The summed E-state index contributed by atoms with van der Waals surface area (Å²) in [7, 11) is 0. The molecule has 1 heterocycles. The fourth-order valence-corrected chi connectivity index (χ4v) is 5.41. The summed E-state index contributed by atoms with van der Waals surface area (Å²) in [6.45, 7) is 4.11. The zero-order valence-electron chi connectivity index (χ0n) is 11.9. The Morgan fingerprint density at radius 3 is 2.90 bits per heavy atom. The van der Waals surface area contributed by atoms with E-state index in [-0.39, 0.29) is 11.2 Å². The van der Waals surface area contributed by atoms with Gasteiger partial charge in [0.25, 0.3) is 0 Å². The van der Waals surface area contributed by atoms with Crippen molar-refractivity contribution >= 4 is 29.0 Å². The Hall–Kier alpha value is -0.620. The second-order valence-electron chi connectivity index (χ2n) is 6.10. The first-order valence-electron chi connectivity index (χ1n) is 7.36. The largest absolute Gasteiger partial charge is 0.352 e. The van der Waals surface area contributed by atoms with Crippen molar-refractivity contribution in [2.45, 2.75) is 55.2 Å². The van der Waals surface area contributed by atoms with Crippen molar-refractivity contribution < 1.29 is 4.79 Å². The number of hydrogen-bond donors (Lipinski definition) is 1. The Bertz CT molecular complexity index is 465. The van der Waals surface area contributed by atoms with Gasteiger partial charge >= 0.3 is 0 Å². The third kappa shape index (κ3) is 3.01. The zero-order chi connectivity index (χ0) is 14.1. The van der Waals surface area contributed by atoms with Gasteiger partial charge in [-0.15, -0.1) is 10.2 Å². The van der Waals surface area contributed by atoms with E-state index >= 15 is 0 Å². The number of carbonyl (C=O) groups is 1. The second kappa shape index (κ2) is 6.02. The molecule has 4 nitrogen and oxygen atoms in total. The molecule has 1 N–H and O–H groups in total. The topological polar surface area (TPSA) is 54.9 Å². The molecule has 2 aliphatic carbocycles. The third-order valence-corrected chi connectivity index (χ3v) is 6.70. The summed E-state index contributed by atoms with van der Waals surface area (Å²) in [4.78, 5) is 12.3. The van der Waals surface area contributed by atoms with Crippen LogP contribution in [0.4, 0.5) is 0 Å². The van der Waals surface area contributed by atoms with Crippen LogP contribution in [-0.2, 0) is 4.79 Å². The molecule has 2 bridgehead atoms. The van der Waals surface area contributed by atoms with E-state index < -0.39 is 0 Å². The molecule has 1 aromatic heterocycles. The first-order chi connectivity index (χ1) is 9.63. The first kappa shape index (κ1) is 14.3. The van der Waals surface area contributed by atoms with Gasteiger partial charge < -0.3 is 5.32 Å². The van der Waals surface area contributed by atoms with Gasteiger partial charge in [-0.2, -0.15) is 0 Å². The van der Waals surface area contributed by atoms with Crippen molar-refractivity contribution in [3.63, 3.8) is 0 Å². The number of fused-ring (bicyclic) bond motifs is 2. The highest BCUT2D eigenvalue weighted by atomic mass is 32.2. The van der Waals surface area contributed by atoms with Crippen molar-refractivity contribution in [1.29, 1.82) is 0 Å². The molecule has 0 saturated heterocycles. The molecule has 0 unspecified atom stereocenters. The Kier molecular flexibility index (Phi) is 4.31. The predicted octanol–water partition coefficient (Wildman–Crippen LogP) is 2.96. The molecule has 3 rings (SSSR count). The molecule has 0 aliphatic heterocycles. The van der Waals surface area contributed by atoms with Crippen molar-refractivity contribution in [2.24, 2.45) is 17.8 Å². The summed E-state index contributed by atoms with van der Waals surface area (Å²) in [5, 5.41) is 10.9. The Balaban J connectivity index is 1.50. The number of aromatic nitrogens is 2. The number of thioether (sulfide) groups is 1. The lowest BCUT2D eigenvalue weighted by Crippen LogP contribution is -2.43. The van der Waals surface area contributed by atoms with Crippen LogP contribution in [0, 0.1) is 17.8 Å². The fraction of sp³-hybridized carbons (Fsp3) is 0.786. The summed E-state index contributed by atoms with van der Waals surface area (Å²) in [6.07, 6.45) is 5.47. The van der Waals surface area contributed by atoms with Crippen LogP contribution in [0.1, 0.15) is 39.5 Å². The minimum atomic E-state index is -0.107. The summed E-state index contributed by atoms with van der Waals surface area (Å²) in [5.74, 6) is 2.59. The number of hydrogen-bond acceptors (Lipinski definition) is 5. The molecule has 2 fully saturated rings. The number of rotatable bonds is 5. The van der Waals surface area contributed by atoms with E-state index in [0.717, 1.165) is 16.2 Å². The standard InChI is InChI=1S/C14H21N3OS2/c1-8(12-6-10-3-4-11(12)5-10)16-13(18)9(2)20-14-17-15-7-19-14/h7-12H,3-6H2,1-2H3,(H,16,18)/t8-,9-,10-,11-,12-/m0/s1. The summed E-state index contributed by atoms with van der Waals surface area (Å²) in [6, 6.07) is 0.301. The van der Waals surface area contributed by atoms with E-state index in [0.29, 0.717) is 12.0 Å². The Morgan fingerprint density at radius 1 is 1.45 bits per heavy atom. The summed E-state index contributed by atoms with van der Waals surface area (Å²) in [5.41, 5.74) is 1.70. The van der Waals surface area contributed by atoms with Crippen LogP contribution in [0.15, 0.2) is 9.85 Å². The number of nitrogens with one attached hydrogen (secondary N) is 1. The van der Waals surface area contributed by atoms with Gasteiger partial charge in [0.1, 0.15) is 5.51 Å². The molecule has 1 amide bonds. The van der Waals surface area contributed by atoms with Crippen LogP contribution in [0.5, 0.6) is 0 Å². The van der Waals surface area contributed by atoms with Gasteiger partial charge in [-0.25, -0.2) is 0 Å². The zero-order valence-corrected chi connectivity index (χ0v) is 13.5. The molecule has 0 spiro atoms. The van der Waals surface area contributed by atoms with Gasteiger partial charge in [0, 0.05) is 6.04 Å². The predicted molar refractivity (Wildman–Crippen MR) is 81.8 cm³/mol. The van der Waals surface area contributed by atoms with Crippen LogP contribution >= 0.6 is 23.1 Å². The monoisotopic (exact) mass is 311 g/mol. The lowest BCUT2D eigenvalue weighted by Gasteiger charge is -2.29. The lowest BCUT2D eigenvalue weighted by atomic mass is 9.84. The highest BCUT2D eigenvalue weighted by molar-refractivity contribution is 8.02. The van der Waals surface area contributed by atoms with Crippen molar-refractivity contribution in [3.8, 4) is 0 Å². The van der Waals surface area contributed by atoms with E-state index in [1.165, 1.54) is 48.8 Å². The molecule has 2 aliphatic rings. The first-order valence-corrected chi connectivity index (χ1v) is 9.12. The maximum Gasteiger partial charge on any atom is 0.233 e. The molecule has 0 radical (unpaired) electrons. The van der Waals surface area contributed by atoms with E-state index in [4.69, 9.17) is 0 Å². The molecular formula is C14H21N3OS2. The number of nitrogens with zero attached hydrogens (tertiary/aromatic N) is 2. The molecule has 0 aromatic carbocycles. The number of carbonyl (C=O) groups excluding carboxylic acids is 1. The maximum atomic E-state index is 12.3. The van der Waals surface area contributed by atoms with Gasteiger partial charge in [0.05, 0.1) is 5.25 Å². The molecular weight excluding hydrogens is 290 g/mol. The second-order valence-corrected chi connectivity index (χ2v) is 8.52. The van der Waals surface area contributed by atoms with Crippen LogP contribution in [0.2, 0.25) is 0 Å². The van der Waals surface area contributed by atoms with Crippen LogP contribution in [0.3, 0.4) is 0 Å². The maximum absolute atomic E-state index is 12.3. The highest BCUT2D eigenvalue weighted by Gasteiger charge is 2.42. The fourth-order valence-electron chi connectivity index (χ4n) is 3.77. The molecule has 20 heavy (non-hydrogen) atoms. The van der Waals surface area contributed by atoms with Gasteiger partial charge in [-0.3, -0.25) is 4.79 Å². The third-order valence-electron chi connectivity index (χ3n) is 4.79. The van der Waals surface area contributed by atoms with Gasteiger partial charge in [-0.1, -0.05) is 29.5 Å². The molecule has 1 aromatic rings. The van der Waals surface area contributed by atoms with Crippen molar-refractivity contribution in [2.75, 3.05) is 0 Å². The minimum Gasteiger partial charge on any atom is -0.352 e. The van der Waals surface area contributed by atoms with Crippen molar-refractivity contribution in [3.05, 3.63) is 5.51 Å². The van der Waals surface area contributed by atoms with Gasteiger partial charge in [0.2, 0.25) is 5.91 Å². The van der Waals surface area contributed by atoms with E-state index in [2.05, 4.69) is 22.4 Å². The van der Waals surface area contributed by atoms with Crippen LogP contribution in [-0.4, -0.2) is 27.4 Å².